The van der Waals surface area contributed by atoms with E-state index in [1.54, 1.807) is 20.8 Å². The largest absolute Gasteiger partial charge is 0.465 e. The summed E-state index contributed by atoms with van der Waals surface area (Å²) >= 11 is 0. The van der Waals surface area contributed by atoms with Crippen molar-refractivity contribution in [2.24, 2.45) is 11.3 Å². The molecule has 0 aliphatic heterocycles. The van der Waals surface area contributed by atoms with Crippen molar-refractivity contribution in [2.45, 2.75) is 45.9 Å². The van der Waals surface area contributed by atoms with Crippen LogP contribution in [0.1, 0.15) is 39.7 Å². The third-order valence-electron chi connectivity index (χ3n) is 4.81. The molecule has 2 rings (SSSR count). The first-order chi connectivity index (χ1) is 12.3. The van der Waals surface area contributed by atoms with Crippen LogP contribution in [0.3, 0.4) is 0 Å². The zero-order valence-corrected chi connectivity index (χ0v) is 16.8. The van der Waals surface area contributed by atoms with Crippen LogP contribution in [0.15, 0.2) is 39.6 Å². The van der Waals surface area contributed by atoms with Crippen molar-refractivity contribution >= 4 is 22.7 Å². The van der Waals surface area contributed by atoms with Gasteiger partial charge in [-0.05, 0) is 46.2 Å². The first-order valence-corrected chi connectivity index (χ1v) is 9.97. The van der Waals surface area contributed by atoms with Gasteiger partial charge < -0.3 is 9.47 Å². The number of hydrogen-bond donors (Lipinski definition) is 0. The summed E-state index contributed by atoms with van der Waals surface area (Å²) in [5, 5.41) is 0. The maximum atomic E-state index is 13.2. The standard InChI is InChI=1S/C20H26O5S/c1-6-24-18(21)20(19(22)25-7-2)12-14(4)17(15(20)5)26(23)16-10-8-13(3)9-11-16/h8-11,15H,6-7,12H2,1-5H3. The molecule has 26 heavy (non-hydrogen) atoms. The Bertz CT molecular complexity index is 730. The summed E-state index contributed by atoms with van der Waals surface area (Å²) in [7, 11) is -1.45. The van der Waals surface area contributed by atoms with E-state index < -0.39 is 34.1 Å². The molecule has 0 heterocycles. The average Bonchev–Trinajstić information content (AvgIpc) is 2.87. The first-order valence-electron chi connectivity index (χ1n) is 8.82. The molecule has 1 aromatic rings. The van der Waals surface area contributed by atoms with Crippen molar-refractivity contribution in [2.75, 3.05) is 13.2 Å². The van der Waals surface area contributed by atoms with Crippen molar-refractivity contribution in [1.82, 2.24) is 0 Å². The summed E-state index contributed by atoms with van der Waals surface area (Å²) in [6, 6.07) is 7.42. The van der Waals surface area contributed by atoms with Gasteiger partial charge in [-0.2, -0.15) is 0 Å². The second-order valence-corrected chi connectivity index (χ2v) is 7.99. The van der Waals surface area contributed by atoms with Crippen LogP contribution in [0.4, 0.5) is 0 Å². The lowest BCUT2D eigenvalue weighted by atomic mass is 9.77. The van der Waals surface area contributed by atoms with Gasteiger partial charge in [-0.25, -0.2) is 4.21 Å². The molecule has 0 saturated carbocycles. The lowest BCUT2D eigenvalue weighted by molar-refractivity contribution is -0.174. The van der Waals surface area contributed by atoms with Gasteiger partial charge in [0.1, 0.15) is 0 Å². The highest BCUT2D eigenvalue weighted by molar-refractivity contribution is 7.89. The molecular formula is C20H26O5S. The smallest absolute Gasteiger partial charge is 0.324 e. The number of allylic oxidation sites excluding steroid dienone is 2. The highest BCUT2D eigenvalue weighted by Gasteiger charge is 2.59. The average molecular weight is 378 g/mol. The Morgan fingerprint density at radius 2 is 1.58 bits per heavy atom. The fourth-order valence-electron chi connectivity index (χ4n) is 3.46. The van der Waals surface area contributed by atoms with Crippen LogP contribution in [0.2, 0.25) is 0 Å². The van der Waals surface area contributed by atoms with Gasteiger partial charge in [0, 0.05) is 15.7 Å². The predicted octanol–water partition coefficient (Wildman–Crippen LogP) is 3.53. The Kier molecular flexibility index (Phi) is 6.39. The molecule has 0 spiro atoms. The molecule has 0 bridgehead atoms. The van der Waals surface area contributed by atoms with E-state index in [1.165, 1.54) is 0 Å². The SMILES string of the molecule is CCOC(=O)C1(C(=O)OCC)CC(C)=C(S(=O)c2ccc(C)cc2)C1C. The molecule has 1 aliphatic carbocycles. The molecule has 1 aliphatic rings. The molecule has 2 unspecified atom stereocenters. The summed E-state index contributed by atoms with van der Waals surface area (Å²) in [5.41, 5.74) is 0.382. The maximum Gasteiger partial charge on any atom is 0.324 e. The van der Waals surface area contributed by atoms with Crippen LogP contribution in [0, 0.1) is 18.3 Å². The van der Waals surface area contributed by atoms with Gasteiger partial charge in [-0.1, -0.05) is 30.2 Å². The van der Waals surface area contributed by atoms with E-state index in [9.17, 15) is 13.8 Å². The van der Waals surface area contributed by atoms with Gasteiger partial charge in [-0.15, -0.1) is 0 Å². The van der Waals surface area contributed by atoms with Gasteiger partial charge >= 0.3 is 11.9 Å². The van der Waals surface area contributed by atoms with Crippen molar-refractivity contribution in [3.8, 4) is 0 Å². The van der Waals surface area contributed by atoms with E-state index in [1.807, 2.05) is 38.1 Å². The lowest BCUT2D eigenvalue weighted by Crippen LogP contribution is -2.45. The Morgan fingerprint density at radius 1 is 1.08 bits per heavy atom. The molecule has 0 N–H and O–H groups in total. The molecule has 5 nitrogen and oxygen atoms in total. The molecule has 0 amide bonds. The normalized spacial score (nSPS) is 20.0. The Balaban J connectivity index is 2.45. The number of rotatable bonds is 6. The number of benzene rings is 1. The van der Waals surface area contributed by atoms with Crippen molar-refractivity contribution < 1.29 is 23.3 Å². The number of esters is 2. The van der Waals surface area contributed by atoms with E-state index in [2.05, 4.69) is 0 Å². The van der Waals surface area contributed by atoms with Gasteiger partial charge in [0.25, 0.3) is 0 Å². The summed E-state index contributed by atoms with van der Waals surface area (Å²) in [4.78, 5) is 26.7. The Morgan fingerprint density at radius 3 is 2.04 bits per heavy atom. The van der Waals surface area contributed by atoms with Crippen molar-refractivity contribution in [1.29, 1.82) is 0 Å². The van der Waals surface area contributed by atoms with Crippen LogP contribution >= 0.6 is 0 Å². The molecule has 142 valence electrons. The van der Waals surface area contributed by atoms with Crippen LogP contribution in [0.5, 0.6) is 0 Å². The second-order valence-electron chi connectivity index (χ2n) is 6.54. The first kappa shape index (κ1) is 20.4. The van der Waals surface area contributed by atoms with Gasteiger partial charge in [0.2, 0.25) is 0 Å². The fourth-order valence-corrected chi connectivity index (χ4v) is 5.01. The van der Waals surface area contributed by atoms with Crippen LogP contribution in [0.25, 0.3) is 0 Å². The molecule has 0 aromatic heterocycles. The van der Waals surface area contributed by atoms with Gasteiger partial charge in [0.05, 0.1) is 24.0 Å². The van der Waals surface area contributed by atoms with E-state index in [0.29, 0.717) is 9.80 Å². The third-order valence-corrected chi connectivity index (χ3v) is 6.61. The zero-order valence-electron chi connectivity index (χ0n) is 16.0. The topological polar surface area (TPSA) is 69.7 Å². The monoisotopic (exact) mass is 378 g/mol. The summed E-state index contributed by atoms with van der Waals surface area (Å²) < 4.78 is 23.6. The number of ether oxygens (including phenoxy) is 2. The van der Waals surface area contributed by atoms with Gasteiger partial charge in [0.15, 0.2) is 5.41 Å². The fraction of sp³-hybridized carbons (Fsp3) is 0.500. The number of aryl methyl sites for hydroxylation is 1. The predicted molar refractivity (Wildman–Crippen MR) is 99.8 cm³/mol. The highest BCUT2D eigenvalue weighted by Crippen LogP contribution is 2.50. The van der Waals surface area contributed by atoms with Crippen molar-refractivity contribution in [3.63, 3.8) is 0 Å². The molecule has 1 aromatic carbocycles. The summed E-state index contributed by atoms with van der Waals surface area (Å²) in [6.07, 6.45) is 0.165. The summed E-state index contributed by atoms with van der Waals surface area (Å²) in [6.45, 7) is 9.26. The van der Waals surface area contributed by atoms with Crippen LogP contribution in [-0.2, 0) is 29.9 Å². The van der Waals surface area contributed by atoms with E-state index >= 15 is 0 Å². The zero-order chi connectivity index (χ0) is 19.5. The second kappa shape index (κ2) is 8.16. The number of hydrogen-bond acceptors (Lipinski definition) is 5. The number of carbonyl (C=O) groups excluding carboxylic acids is 2. The van der Waals surface area contributed by atoms with Crippen LogP contribution in [-0.4, -0.2) is 29.4 Å². The Hall–Kier alpha value is -1.95. The van der Waals surface area contributed by atoms with E-state index in [0.717, 1.165) is 11.1 Å². The quantitative estimate of drug-likeness (QED) is 0.559. The number of carbonyl (C=O) groups is 2. The summed E-state index contributed by atoms with van der Waals surface area (Å²) in [5.74, 6) is -1.79. The lowest BCUT2D eigenvalue weighted by Gasteiger charge is -2.30. The molecule has 2 atom stereocenters. The molecule has 0 fully saturated rings. The van der Waals surface area contributed by atoms with Crippen molar-refractivity contribution in [3.05, 3.63) is 40.3 Å². The van der Waals surface area contributed by atoms with E-state index in [4.69, 9.17) is 9.47 Å². The minimum Gasteiger partial charge on any atom is -0.465 e. The van der Waals surface area contributed by atoms with Crippen LogP contribution < -0.4 is 0 Å². The minimum atomic E-state index is -1.47. The third kappa shape index (κ3) is 3.47. The molecule has 0 radical (unpaired) electrons. The molecular weight excluding hydrogens is 352 g/mol. The van der Waals surface area contributed by atoms with Gasteiger partial charge in [-0.3, -0.25) is 9.59 Å². The molecule has 0 saturated heterocycles. The van der Waals surface area contributed by atoms with E-state index in [-0.39, 0.29) is 19.6 Å². The molecule has 6 heteroatoms. The Labute approximate surface area is 157 Å². The minimum absolute atomic E-state index is 0.165. The maximum absolute atomic E-state index is 13.2. The highest BCUT2D eigenvalue weighted by atomic mass is 32.2.